The lowest BCUT2D eigenvalue weighted by Gasteiger charge is -2.15. The SMILES string of the molecule is C=CC(=C)Nc1ccc(F)c(Nc2nc(N/C(C=NC)=C/N)ncc2-c2ccc3c(ccn3C)c2)c1. The average molecular weight is 483 g/mol. The summed E-state index contributed by atoms with van der Waals surface area (Å²) in [4.78, 5) is 13.0. The Morgan fingerprint density at radius 2 is 2.00 bits per heavy atom. The lowest BCUT2D eigenvalue weighted by molar-refractivity contribution is 0.632. The minimum atomic E-state index is -0.442. The number of halogens is 1. The van der Waals surface area contributed by atoms with Gasteiger partial charge in [-0.3, -0.25) is 4.99 Å². The van der Waals surface area contributed by atoms with Crippen molar-refractivity contribution < 1.29 is 4.39 Å². The van der Waals surface area contributed by atoms with Crippen molar-refractivity contribution in [3.63, 3.8) is 0 Å². The van der Waals surface area contributed by atoms with Crippen molar-refractivity contribution in [2.45, 2.75) is 0 Å². The Kier molecular flexibility index (Phi) is 7.10. The molecule has 0 spiro atoms. The quantitative estimate of drug-likeness (QED) is 0.184. The van der Waals surface area contributed by atoms with Gasteiger partial charge in [-0.2, -0.15) is 4.98 Å². The maximum atomic E-state index is 14.8. The number of nitrogens with one attached hydrogen (secondary N) is 3. The number of hydrogen-bond donors (Lipinski definition) is 4. The summed E-state index contributed by atoms with van der Waals surface area (Å²) in [7, 11) is 3.62. The summed E-state index contributed by atoms with van der Waals surface area (Å²) < 4.78 is 16.9. The number of rotatable bonds is 9. The average Bonchev–Trinajstić information content (AvgIpc) is 3.25. The molecule has 9 heteroatoms. The Balaban J connectivity index is 1.79. The molecule has 0 saturated heterocycles. The minimum Gasteiger partial charge on any atom is -0.403 e. The molecule has 0 fully saturated rings. The van der Waals surface area contributed by atoms with Crippen LogP contribution in [-0.2, 0) is 7.05 Å². The molecule has 2 aromatic carbocycles. The highest BCUT2D eigenvalue weighted by molar-refractivity contribution is 5.89. The Morgan fingerprint density at radius 3 is 2.75 bits per heavy atom. The third-order valence-electron chi connectivity index (χ3n) is 5.46. The van der Waals surface area contributed by atoms with Gasteiger partial charge in [-0.15, -0.1) is 0 Å². The smallest absolute Gasteiger partial charge is 0.229 e. The molecule has 0 saturated carbocycles. The second-order valence-corrected chi connectivity index (χ2v) is 7.96. The predicted molar refractivity (Wildman–Crippen MR) is 147 cm³/mol. The van der Waals surface area contributed by atoms with Crippen LogP contribution in [0.25, 0.3) is 22.0 Å². The van der Waals surface area contributed by atoms with Gasteiger partial charge in [0, 0.05) is 66.8 Å². The summed E-state index contributed by atoms with van der Waals surface area (Å²) in [6, 6.07) is 12.7. The number of fused-ring (bicyclic) bond motifs is 1. The lowest BCUT2D eigenvalue weighted by Crippen LogP contribution is -2.09. The van der Waals surface area contributed by atoms with Crippen LogP contribution in [0, 0.1) is 5.82 Å². The van der Waals surface area contributed by atoms with Crippen LogP contribution in [-0.4, -0.2) is 27.8 Å². The van der Waals surface area contributed by atoms with Crippen LogP contribution in [0.2, 0.25) is 0 Å². The van der Waals surface area contributed by atoms with E-state index in [1.54, 1.807) is 37.7 Å². The van der Waals surface area contributed by atoms with Crippen molar-refractivity contribution >= 4 is 40.3 Å². The van der Waals surface area contributed by atoms with Crippen molar-refractivity contribution in [2.24, 2.45) is 17.8 Å². The summed E-state index contributed by atoms with van der Waals surface area (Å²) in [6.07, 6.45) is 8.17. The number of benzene rings is 2. The summed E-state index contributed by atoms with van der Waals surface area (Å²) in [5, 5.41) is 10.3. The zero-order valence-electron chi connectivity index (χ0n) is 20.1. The Bertz CT molecular complexity index is 1500. The highest BCUT2D eigenvalue weighted by Crippen LogP contribution is 2.33. The molecule has 4 aromatic rings. The van der Waals surface area contributed by atoms with Gasteiger partial charge in [0.1, 0.15) is 11.6 Å². The lowest BCUT2D eigenvalue weighted by atomic mass is 10.1. The molecule has 0 atom stereocenters. The molecule has 2 heterocycles. The highest BCUT2D eigenvalue weighted by atomic mass is 19.1. The van der Waals surface area contributed by atoms with E-state index >= 15 is 0 Å². The van der Waals surface area contributed by atoms with Crippen molar-refractivity contribution in [3.05, 3.63) is 97.5 Å². The molecule has 36 heavy (non-hydrogen) atoms. The fourth-order valence-corrected chi connectivity index (χ4v) is 3.65. The molecule has 182 valence electrons. The first-order valence-corrected chi connectivity index (χ1v) is 11.1. The van der Waals surface area contributed by atoms with E-state index in [0.717, 1.165) is 16.5 Å². The third-order valence-corrected chi connectivity index (χ3v) is 5.46. The minimum absolute atomic E-state index is 0.230. The normalized spacial score (nSPS) is 11.6. The van der Waals surface area contributed by atoms with Gasteiger partial charge >= 0.3 is 0 Å². The van der Waals surface area contributed by atoms with Gasteiger partial charge in [0.2, 0.25) is 5.95 Å². The Labute approximate surface area is 208 Å². The second kappa shape index (κ2) is 10.6. The molecule has 5 N–H and O–H groups in total. The van der Waals surface area contributed by atoms with Crippen LogP contribution in [0.5, 0.6) is 0 Å². The molecular weight excluding hydrogens is 455 g/mol. The van der Waals surface area contributed by atoms with Crippen LogP contribution in [0.15, 0.2) is 96.7 Å². The summed E-state index contributed by atoms with van der Waals surface area (Å²) in [6.45, 7) is 7.53. The van der Waals surface area contributed by atoms with E-state index < -0.39 is 5.82 Å². The van der Waals surface area contributed by atoms with Crippen LogP contribution in [0.3, 0.4) is 0 Å². The van der Waals surface area contributed by atoms with E-state index in [1.807, 2.05) is 42.1 Å². The fourth-order valence-electron chi connectivity index (χ4n) is 3.65. The maximum absolute atomic E-state index is 14.8. The van der Waals surface area contributed by atoms with Crippen molar-refractivity contribution in [1.82, 2.24) is 14.5 Å². The van der Waals surface area contributed by atoms with Crippen molar-refractivity contribution in [2.75, 3.05) is 23.0 Å². The number of aryl methyl sites for hydroxylation is 1. The highest BCUT2D eigenvalue weighted by Gasteiger charge is 2.14. The van der Waals surface area contributed by atoms with Crippen LogP contribution < -0.4 is 21.7 Å². The monoisotopic (exact) mass is 482 g/mol. The number of hydrogen-bond acceptors (Lipinski definition) is 7. The number of aromatic nitrogens is 3. The molecule has 0 bridgehead atoms. The fraction of sp³-hybridized carbons (Fsp3) is 0.0741. The van der Waals surface area contributed by atoms with Gasteiger partial charge in [0.15, 0.2) is 0 Å². The molecular formula is C27H27FN8. The van der Waals surface area contributed by atoms with E-state index in [1.165, 1.54) is 12.3 Å². The van der Waals surface area contributed by atoms with E-state index in [0.29, 0.717) is 28.5 Å². The molecule has 0 aliphatic heterocycles. The first-order valence-electron chi connectivity index (χ1n) is 11.1. The predicted octanol–water partition coefficient (Wildman–Crippen LogP) is 5.54. The van der Waals surface area contributed by atoms with Crippen LogP contribution >= 0.6 is 0 Å². The van der Waals surface area contributed by atoms with Crippen molar-refractivity contribution in [3.8, 4) is 11.1 Å². The molecule has 8 nitrogen and oxygen atoms in total. The van der Waals surface area contributed by atoms with E-state index in [-0.39, 0.29) is 11.6 Å². The van der Waals surface area contributed by atoms with E-state index in [2.05, 4.69) is 44.1 Å². The Morgan fingerprint density at radius 1 is 1.17 bits per heavy atom. The molecule has 2 aromatic heterocycles. The number of nitrogens with two attached hydrogens (primary N) is 1. The van der Waals surface area contributed by atoms with Gasteiger partial charge < -0.3 is 26.3 Å². The summed E-state index contributed by atoms with van der Waals surface area (Å²) >= 11 is 0. The molecule has 0 unspecified atom stereocenters. The van der Waals surface area contributed by atoms with Gasteiger partial charge in [0.05, 0.1) is 11.4 Å². The van der Waals surface area contributed by atoms with E-state index in [9.17, 15) is 4.39 Å². The topological polar surface area (TPSA) is 105 Å². The third kappa shape index (κ3) is 5.25. The largest absolute Gasteiger partial charge is 0.403 e. The first kappa shape index (κ1) is 24.2. The zero-order valence-corrected chi connectivity index (χ0v) is 20.1. The van der Waals surface area contributed by atoms with E-state index in [4.69, 9.17) is 5.73 Å². The maximum Gasteiger partial charge on any atom is 0.229 e. The van der Waals surface area contributed by atoms with Crippen LogP contribution in [0.4, 0.5) is 27.5 Å². The molecule has 0 radical (unpaired) electrons. The number of anilines is 4. The van der Waals surface area contributed by atoms with Gasteiger partial charge in [-0.25, -0.2) is 9.37 Å². The van der Waals surface area contributed by atoms with Crippen LogP contribution in [0.1, 0.15) is 0 Å². The second-order valence-electron chi connectivity index (χ2n) is 7.96. The zero-order chi connectivity index (χ0) is 25.7. The number of nitrogens with zero attached hydrogens (tertiary/aromatic N) is 4. The number of aliphatic imine (C=N–C) groups is 1. The molecule has 0 aliphatic carbocycles. The standard InChI is InChI=1S/C27H27FN8/c1-5-17(2)32-20-7-8-23(28)24(13-20)34-26-22(16-31-27(35-26)33-21(14-29)15-30-3)18-6-9-25-19(12-18)10-11-36(25)4/h5-16,32H,1-2,29H2,3-4H3,(H2,31,33,34,35)/b21-14+,30-15?. The first-order chi connectivity index (χ1) is 17.4. The number of allylic oxidation sites excluding steroid dienone is 2. The summed E-state index contributed by atoms with van der Waals surface area (Å²) in [5.41, 5.74) is 10.3. The summed E-state index contributed by atoms with van der Waals surface area (Å²) in [5.74, 6) is 0.238. The van der Waals surface area contributed by atoms with Gasteiger partial charge in [-0.05, 0) is 48.0 Å². The van der Waals surface area contributed by atoms with Crippen molar-refractivity contribution in [1.29, 1.82) is 0 Å². The van der Waals surface area contributed by atoms with Gasteiger partial charge in [-0.1, -0.05) is 19.2 Å². The van der Waals surface area contributed by atoms with Gasteiger partial charge in [0.25, 0.3) is 0 Å². The Hall–Kier alpha value is -4.92. The molecule has 4 rings (SSSR count). The molecule has 0 amide bonds. The molecule has 0 aliphatic rings.